The van der Waals surface area contributed by atoms with Crippen molar-refractivity contribution in [2.45, 2.75) is 121 Å². The number of hydrogen-bond acceptors (Lipinski definition) is 12. The number of methoxy groups -OCH3 is 1. The average Bonchev–Trinajstić information content (AvgIpc) is 3.31. The molecule has 7 unspecified atom stereocenters. The molecule has 4 bridgehead atoms. The highest BCUT2D eigenvalue weighted by atomic mass is 31.2. The van der Waals surface area contributed by atoms with Crippen LogP contribution in [0, 0.1) is 11.8 Å². The zero-order valence-electron chi connectivity index (χ0n) is 35.9. The first-order chi connectivity index (χ1) is 27.6. The van der Waals surface area contributed by atoms with Gasteiger partial charge in [-0.3, -0.25) is 24.3 Å². The molecule has 0 amide bonds. The lowest BCUT2D eigenvalue weighted by atomic mass is 9.42. The van der Waals surface area contributed by atoms with Crippen LogP contribution >= 0.6 is 7.82 Å². The van der Waals surface area contributed by atoms with E-state index in [1.807, 2.05) is 60.6 Å². The molecule has 5 fully saturated rings. The van der Waals surface area contributed by atoms with Crippen molar-refractivity contribution in [2.24, 2.45) is 11.8 Å². The van der Waals surface area contributed by atoms with Gasteiger partial charge in [-0.15, -0.1) is 0 Å². The molecule has 322 valence electrons. The van der Waals surface area contributed by atoms with Gasteiger partial charge in [0.15, 0.2) is 28.5 Å². The van der Waals surface area contributed by atoms with Crippen molar-refractivity contribution in [3.8, 4) is 17.2 Å². The van der Waals surface area contributed by atoms with Crippen LogP contribution in [0.3, 0.4) is 0 Å². The van der Waals surface area contributed by atoms with Crippen molar-refractivity contribution in [2.75, 3.05) is 40.5 Å². The minimum atomic E-state index is -5.30. The zero-order chi connectivity index (χ0) is 43.1. The summed E-state index contributed by atoms with van der Waals surface area (Å²) in [5, 5.41) is 3.41. The Labute approximate surface area is 346 Å². The minimum Gasteiger partial charge on any atom is -0.482 e. The number of likely N-dealkylation sites (N-methyl/N-ethyl adjacent to an activating group) is 1. The van der Waals surface area contributed by atoms with Crippen molar-refractivity contribution in [1.29, 1.82) is 0 Å². The molecule has 1 aromatic rings. The van der Waals surface area contributed by atoms with Gasteiger partial charge in [0.25, 0.3) is 0 Å². The Morgan fingerprint density at radius 2 is 1.69 bits per heavy atom. The monoisotopic (exact) mass is 838 g/mol. The van der Waals surface area contributed by atoms with Crippen LogP contribution in [0.1, 0.15) is 103 Å². The Kier molecular flexibility index (Phi) is 11.1. The van der Waals surface area contributed by atoms with Gasteiger partial charge >= 0.3 is 13.8 Å². The second-order valence-electron chi connectivity index (χ2n) is 18.1. The summed E-state index contributed by atoms with van der Waals surface area (Å²) in [6.07, 6.45) is 10.9. The summed E-state index contributed by atoms with van der Waals surface area (Å²) in [6, 6.07) is -0.789. The number of morpholine rings is 1. The predicted octanol–water partition coefficient (Wildman–Crippen LogP) is 5.83. The number of allylic oxidation sites excluding steroid dienone is 4. The Morgan fingerprint density at radius 1 is 1.02 bits per heavy atom. The quantitative estimate of drug-likeness (QED) is 0.0992. The first kappa shape index (κ1) is 43.5. The Balaban J connectivity index is 1.57. The predicted molar refractivity (Wildman–Crippen MR) is 220 cm³/mol. The Morgan fingerprint density at radius 3 is 2.31 bits per heavy atom. The third-order valence-electron chi connectivity index (χ3n) is 13.4. The standard InChI is InChI=1S/C44H59N2O12P/c1-25(2)12-11-17-41(8)18-16-29-34(55-41)28(14-13-26(3)4)35-31(36(29)57-59(50,51)52)33(47)32-37(46-20-22-54-23-21-46)42(45-9)24-30-40(6,7)58-43(39(42)49,44(30,32)56-35)19-15-27(5)38(48)53-10/h12-13,15-16,18,30,32,37,45H,11,14,17,19-24H2,1-10H3,(H2,50,51,52)/b27-15-. The van der Waals surface area contributed by atoms with Crippen LogP contribution in [0.15, 0.2) is 41.0 Å². The van der Waals surface area contributed by atoms with Gasteiger partial charge in [-0.25, -0.2) is 9.36 Å². The van der Waals surface area contributed by atoms with E-state index in [9.17, 15) is 19.1 Å². The van der Waals surface area contributed by atoms with Gasteiger partial charge < -0.3 is 33.5 Å². The van der Waals surface area contributed by atoms with E-state index in [1.54, 1.807) is 26.1 Å². The molecule has 59 heavy (non-hydrogen) atoms. The van der Waals surface area contributed by atoms with Gasteiger partial charge in [-0.2, -0.15) is 0 Å². The Bertz CT molecular complexity index is 2120. The highest BCUT2D eigenvalue weighted by molar-refractivity contribution is 7.46. The van der Waals surface area contributed by atoms with Crippen molar-refractivity contribution < 1.29 is 56.9 Å². The number of fused-ring (bicyclic) bond motifs is 2. The lowest BCUT2D eigenvalue weighted by Crippen LogP contribution is -2.90. The van der Waals surface area contributed by atoms with Crippen molar-refractivity contribution in [3.05, 3.63) is 57.7 Å². The summed E-state index contributed by atoms with van der Waals surface area (Å²) in [6.45, 7) is 16.9. The number of benzene rings is 1. The second-order valence-corrected chi connectivity index (χ2v) is 19.3. The zero-order valence-corrected chi connectivity index (χ0v) is 36.7. The van der Waals surface area contributed by atoms with Gasteiger partial charge in [0.05, 0.1) is 42.9 Å². The van der Waals surface area contributed by atoms with Crippen LogP contribution in [-0.4, -0.2) is 107 Å². The molecule has 15 heteroatoms. The maximum absolute atomic E-state index is 16.2. The van der Waals surface area contributed by atoms with Crippen LogP contribution in [-0.2, 0) is 34.8 Å². The fourth-order valence-electron chi connectivity index (χ4n) is 10.9. The summed E-state index contributed by atoms with van der Waals surface area (Å²) in [4.78, 5) is 67.9. The van der Waals surface area contributed by atoms with Gasteiger partial charge in [-0.05, 0) is 100 Å². The first-order valence-corrected chi connectivity index (χ1v) is 22.0. The van der Waals surface area contributed by atoms with Crippen LogP contribution in [0.4, 0.5) is 0 Å². The lowest BCUT2D eigenvalue weighted by Gasteiger charge is -2.68. The maximum Gasteiger partial charge on any atom is 0.524 e. The largest absolute Gasteiger partial charge is 0.524 e. The molecule has 1 spiro atoms. The van der Waals surface area contributed by atoms with Gasteiger partial charge in [-0.1, -0.05) is 29.4 Å². The molecule has 14 nitrogen and oxygen atoms in total. The van der Waals surface area contributed by atoms with Gasteiger partial charge in [0.2, 0.25) is 0 Å². The van der Waals surface area contributed by atoms with E-state index in [0.29, 0.717) is 44.7 Å². The van der Waals surface area contributed by atoms with Crippen molar-refractivity contribution in [1.82, 2.24) is 10.2 Å². The molecule has 0 aromatic heterocycles. The summed E-state index contributed by atoms with van der Waals surface area (Å²) < 4.78 is 50.9. The summed E-state index contributed by atoms with van der Waals surface area (Å²) in [7, 11) is -2.30. The van der Waals surface area contributed by atoms with E-state index >= 15 is 9.59 Å². The second kappa shape index (κ2) is 15.1. The SMILES string of the molecule is CNC12CC3C(C)(C)OC(C/C=C(/C)C(=O)OC)(C1=O)C31Oc3c(CC=C(C)C)c4c(c(OP(=O)(O)O)c3C(=O)C1C2N1CCOCC1)C=CC(C)(CCC=C(C)C)O4. The number of rotatable bonds is 12. The first-order valence-electron chi connectivity index (χ1n) is 20.5. The molecule has 4 aliphatic heterocycles. The van der Waals surface area contributed by atoms with E-state index in [2.05, 4.69) is 16.3 Å². The van der Waals surface area contributed by atoms with E-state index in [4.69, 9.17) is 28.2 Å². The number of ether oxygens (including phenoxy) is 5. The highest BCUT2D eigenvalue weighted by Gasteiger charge is 2.89. The summed E-state index contributed by atoms with van der Waals surface area (Å²) in [5.74, 6) is -3.10. The molecular weight excluding hydrogens is 779 g/mol. The number of phosphoric acid groups is 1. The van der Waals surface area contributed by atoms with Gasteiger partial charge in [0.1, 0.15) is 22.7 Å². The van der Waals surface area contributed by atoms with Crippen molar-refractivity contribution >= 4 is 31.4 Å². The van der Waals surface area contributed by atoms with Crippen molar-refractivity contribution in [3.63, 3.8) is 0 Å². The number of ketones is 2. The molecular formula is C44H59N2O12P. The number of carbonyl (C=O) groups is 3. The molecule has 3 N–H and O–H groups in total. The van der Waals surface area contributed by atoms with Crippen LogP contribution in [0.25, 0.3) is 6.08 Å². The summed E-state index contributed by atoms with van der Waals surface area (Å²) >= 11 is 0. The van der Waals surface area contributed by atoms with Gasteiger partial charge in [0, 0.05) is 42.6 Å². The number of phosphoric ester groups is 1. The molecule has 7 aliphatic rings. The van der Waals surface area contributed by atoms with E-state index in [1.165, 1.54) is 7.11 Å². The number of nitrogens with zero attached hydrogens (tertiary/aromatic N) is 1. The van der Waals surface area contributed by atoms with Crippen LogP contribution < -0.4 is 19.3 Å². The average molecular weight is 839 g/mol. The highest BCUT2D eigenvalue weighted by Crippen LogP contribution is 2.72. The molecule has 3 aliphatic carbocycles. The number of carbonyl (C=O) groups excluding carboxylic acids is 3. The van der Waals surface area contributed by atoms with E-state index < -0.39 is 65.4 Å². The lowest BCUT2D eigenvalue weighted by molar-refractivity contribution is -0.223. The molecule has 2 saturated heterocycles. The maximum atomic E-state index is 16.2. The molecule has 7 atom stereocenters. The third kappa shape index (κ3) is 6.78. The molecule has 1 aromatic carbocycles. The summed E-state index contributed by atoms with van der Waals surface area (Å²) in [5.41, 5.74) is -3.76. The fraction of sp³-hybridized carbons (Fsp3) is 0.614. The topological polar surface area (TPSA) is 179 Å². The third-order valence-corrected chi connectivity index (χ3v) is 13.9. The molecule has 8 rings (SSSR count). The minimum absolute atomic E-state index is 0.0321. The number of Topliss-reactive ketones (excluding diaryl/α,β-unsaturated/α-hetero) is 2. The smallest absolute Gasteiger partial charge is 0.482 e. The van der Waals surface area contributed by atoms with Crippen LogP contribution in [0.2, 0.25) is 0 Å². The van der Waals surface area contributed by atoms with E-state index in [-0.39, 0.29) is 59.0 Å². The Hall–Kier alpha value is -3.62. The molecule has 0 radical (unpaired) electrons. The van der Waals surface area contributed by atoms with E-state index in [0.717, 1.165) is 11.1 Å². The normalized spacial score (nSPS) is 32.9. The molecule has 4 heterocycles. The van der Waals surface area contributed by atoms with Crippen LogP contribution in [0.5, 0.6) is 17.2 Å². The fourth-order valence-corrected chi connectivity index (χ4v) is 11.3. The number of nitrogens with one attached hydrogen (secondary N) is 1. The number of hydrogen-bond donors (Lipinski definition) is 3. The molecule has 3 saturated carbocycles. The number of esters is 1.